The number of amides is 1. The van der Waals surface area contributed by atoms with Crippen LogP contribution >= 0.6 is 0 Å². The molecule has 0 bridgehead atoms. The summed E-state index contributed by atoms with van der Waals surface area (Å²) in [4.78, 5) is 12.6. The molecule has 0 heterocycles. The maximum atomic E-state index is 13.3. The monoisotopic (exact) mass is 296 g/mol. The van der Waals surface area contributed by atoms with Gasteiger partial charge in [-0.3, -0.25) is 4.79 Å². The Morgan fingerprint density at radius 2 is 2.05 bits per heavy atom. The van der Waals surface area contributed by atoms with Crippen molar-refractivity contribution in [3.63, 3.8) is 0 Å². The first kappa shape index (κ1) is 15.9. The summed E-state index contributed by atoms with van der Waals surface area (Å²) in [7, 11) is 0. The van der Waals surface area contributed by atoms with Gasteiger partial charge in [0.2, 0.25) is 5.91 Å². The first-order chi connectivity index (χ1) is 9.89. The minimum absolute atomic E-state index is 0.307. The third kappa shape index (κ3) is 3.40. The van der Waals surface area contributed by atoms with Crippen LogP contribution in [0.2, 0.25) is 0 Å². The summed E-state index contributed by atoms with van der Waals surface area (Å²) in [5.41, 5.74) is 6.33. The van der Waals surface area contributed by atoms with Crippen LogP contribution < -0.4 is 11.1 Å². The second-order valence-corrected chi connectivity index (χ2v) is 5.90. The summed E-state index contributed by atoms with van der Waals surface area (Å²) >= 11 is 0. The number of hydrogen-bond acceptors (Lipinski definition) is 2. The molecule has 116 valence electrons. The molecule has 1 aromatic rings. The van der Waals surface area contributed by atoms with Crippen molar-refractivity contribution in [1.82, 2.24) is 5.32 Å². The Morgan fingerprint density at radius 3 is 2.62 bits per heavy atom. The van der Waals surface area contributed by atoms with Crippen molar-refractivity contribution < 1.29 is 13.6 Å². The van der Waals surface area contributed by atoms with Gasteiger partial charge in [-0.15, -0.1) is 0 Å². The number of rotatable bonds is 5. The summed E-state index contributed by atoms with van der Waals surface area (Å²) in [6.07, 6.45) is 3.29. The SMILES string of the molecule is Cc1cccc(C2(C(=O)NCC(F)(F)CN)CCCC2)c1. The molecule has 0 atom stereocenters. The third-order valence-electron chi connectivity index (χ3n) is 4.27. The molecular weight excluding hydrogens is 274 g/mol. The van der Waals surface area contributed by atoms with Crippen molar-refractivity contribution in [2.24, 2.45) is 5.73 Å². The van der Waals surface area contributed by atoms with Crippen molar-refractivity contribution in [3.8, 4) is 0 Å². The molecule has 1 fully saturated rings. The topological polar surface area (TPSA) is 55.1 Å². The Morgan fingerprint density at radius 1 is 1.38 bits per heavy atom. The number of hydrogen-bond donors (Lipinski definition) is 2. The maximum absolute atomic E-state index is 13.3. The van der Waals surface area contributed by atoms with Gasteiger partial charge < -0.3 is 11.1 Å². The Hall–Kier alpha value is -1.49. The van der Waals surface area contributed by atoms with Gasteiger partial charge in [0, 0.05) is 0 Å². The number of alkyl halides is 2. The van der Waals surface area contributed by atoms with Crippen LogP contribution in [0.5, 0.6) is 0 Å². The number of halogens is 2. The van der Waals surface area contributed by atoms with Crippen LogP contribution in [-0.2, 0) is 10.2 Å². The summed E-state index contributed by atoms with van der Waals surface area (Å²) in [6.45, 7) is 0.507. The Balaban J connectivity index is 2.20. The van der Waals surface area contributed by atoms with Crippen LogP contribution in [0.1, 0.15) is 36.8 Å². The van der Waals surface area contributed by atoms with Gasteiger partial charge in [0.15, 0.2) is 0 Å². The van der Waals surface area contributed by atoms with Crippen LogP contribution in [0.25, 0.3) is 0 Å². The number of carbonyl (C=O) groups is 1. The van der Waals surface area contributed by atoms with E-state index in [0.29, 0.717) is 12.8 Å². The standard InChI is InChI=1S/C16H22F2N2O/c1-12-5-4-6-13(9-12)15(7-2-3-8-15)14(21)20-11-16(17,18)10-19/h4-6,9H,2-3,7-8,10-11,19H2,1H3,(H,20,21). The van der Waals surface area contributed by atoms with Crippen molar-refractivity contribution >= 4 is 5.91 Å². The van der Waals surface area contributed by atoms with E-state index in [2.05, 4.69) is 5.32 Å². The zero-order valence-corrected chi connectivity index (χ0v) is 12.3. The van der Waals surface area contributed by atoms with Gasteiger partial charge in [-0.2, -0.15) is 0 Å². The van der Waals surface area contributed by atoms with Crippen molar-refractivity contribution in [2.75, 3.05) is 13.1 Å². The van der Waals surface area contributed by atoms with Crippen molar-refractivity contribution in [2.45, 2.75) is 43.9 Å². The quantitative estimate of drug-likeness (QED) is 0.877. The van der Waals surface area contributed by atoms with Gasteiger partial charge in [0.05, 0.1) is 18.5 Å². The molecule has 0 saturated heterocycles. The lowest BCUT2D eigenvalue weighted by molar-refractivity contribution is -0.128. The number of nitrogens with two attached hydrogens (primary N) is 1. The second-order valence-electron chi connectivity index (χ2n) is 5.90. The van der Waals surface area contributed by atoms with E-state index in [1.807, 2.05) is 31.2 Å². The third-order valence-corrected chi connectivity index (χ3v) is 4.27. The highest BCUT2D eigenvalue weighted by molar-refractivity contribution is 5.88. The fourth-order valence-electron chi connectivity index (χ4n) is 3.02. The highest BCUT2D eigenvalue weighted by atomic mass is 19.3. The van der Waals surface area contributed by atoms with Crippen LogP contribution in [0, 0.1) is 6.92 Å². The molecule has 21 heavy (non-hydrogen) atoms. The minimum Gasteiger partial charge on any atom is -0.349 e. The number of aryl methyl sites for hydroxylation is 1. The molecular formula is C16H22F2N2O. The molecule has 1 aliphatic carbocycles. The molecule has 0 unspecified atom stereocenters. The Bertz CT molecular complexity index is 511. The summed E-state index contributed by atoms with van der Waals surface area (Å²) < 4.78 is 26.5. The normalized spacial score (nSPS) is 17.7. The van der Waals surface area contributed by atoms with E-state index in [1.54, 1.807) is 0 Å². The lowest BCUT2D eigenvalue weighted by atomic mass is 9.77. The van der Waals surface area contributed by atoms with Crippen LogP contribution in [0.4, 0.5) is 8.78 Å². The highest BCUT2D eigenvalue weighted by Gasteiger charge is 2.43. The maximum Gasteiger partial charge on any atom is 0.277 e. The Kier molecular flexibility index (Phi) is 4.61. The van der Waals surface area contributed by atoms with Gasteiger partial charge in [-0.25, -0.2) is 8.78 Å². The van der Waals surface area contributed by atoms with Gasteiger partial charge in [0.1, 0.15) is 0 Å². The highest BCUT2D eigenvalue weighted by Crippen LogP contribution is 2.41. The lowest BCUT2D eigenvalue weighted by Gasteiger charge is -2.29. The van der Waals surface area contributed by atoms with Gasteiger partial charge in [-0.05, 0) is 25.3 Å². The van der Waals surface area contributed by atoms with E-state index in [-0.39, 0.29) is 5.91 Å². The fraction of sp³-hybridized carbons (Fsp3) is 0.562. The van der Waals surface area contributed by atoms with Crippen molar-refractivity contribution in [3.05, 3.63) is 35.4 Å². The Labute approximate surface area is 123 Å². The summed E-state index contributed by atoms with van der Waals surface area (Å²) in [5, 5.41) is 2.41. The average Bonchev–Trinajstić information content (AvgIpc) is 2.96. The van der Waals surface area contributed by atoms with Crippen LogP contribution in [-0.4, -0.2) is 24.9 Å². The van der Waals surface area contributed by atoms with E-state index < -0.39 is 24.4 Å². The smallest absolute Gasteiger partial charge is 0.277 e. The zero-order chi connectivity index (χ0) is 15.5. The summed E-state index contributed by atoms with van der Waals surface area (Å²) in [5.74, 6) is -3.36. The molecule has 1 saturated carbocycles. The molecule has 1 amide bonds. The van der Waals surface area contributed by atoms with E-state index in [9.17, 15) is 13.6 Å². The largest absolute Gasteiger partial charge is 0.349 e. The zero-order valence-electron chi connectivity index (χ0n) is 12.3. The molecule has 0 radical (unpaired) electrons. The van der Waals surface area contributed by atoms with E-state index in [1.165, 1.54) is 0 Å². The van der Waals surface area contributed by atoms with Gasteiger partial charge in [0.25, 0.3) is 5.92 Å². The van der Waals surface area contributed by atoms with Gasteiger partial charge >= 0.3 is 0 Å². The fourth-order valence-corrected chi connectivity index (χ4v) is 3.02. The van der Waals surface area contributed by atoms with E-state index in [4.69, 9.17) is 5.73 Å². The minimum atomic E-state index is -3.05. The number of nitrogens with one attached hydrogen (secondary N) is 1. The molecule has 1 aromatic carbocycles. The molecule has 5 heteroatoms. The molecule has 1 aliphatic rings. The average molecular weight is 296 g/mol. The molecule has 0 aromatic heterocycles. The lowest BCUT2D eigenvalue weighted by Crippen LogP contribution is -2.48. The molecule has 0 aliphatic heterocycles. The molecule has 2 rings (SSSR count). The first-order valence-corrected chi connectivity index (χ1v) is 7.33. The predicted molar refractivity (Wildman–Crippen MR) is 78.3 cm³/mol. The van der Waals surface area contributed by atoms with Gasteiger partial charge in [-0.1, -0.05) is 42.7 Å². The van der Waals surface area contributed by atoms with E-state index >= 15 is 0 Å². The second kappa shape index (κ2) is 6.10. The van der Waals surface area contributed by atoms with Crippen molar-refractivity contribution in [1.29, 1.82) is 0 Å². The number of carbonyl (C=O) groups excluding carboxylic acids is 1. The molecule has 3 N–H and O–H groups in total. The number of benzene rings is 1. The van der Waals surface area contributed by atoms with Crippen LogP contribution in [0.15, 0.2) is 24.3 Å². The predicted octanol–water partition coefficient (Wildman–Crippen LogP) is 2.52. The molecule has 0 spiro atoms. The van der Waals surface area contributed by atoms with E-state index in [0.717, 1.165) is 24.0 Å². The van der Waals surface area contributed by atoms with Crippen LogP contribution in [0.3, 0.4) is 0 Å². The molecule has 3 nitrogen and oxygen atoms in total. The summed E-state index contributed by atoms with van der Waals surface area (Å²) in [6, 6.07) is 7.77. The first-order valence-electron chi connectivity index (χ1n) is 7.33.